The smallest absolute Gasteiger partial charge is 0.401 e. The third-order valence-corrected chi connectivity index (χ3v) is 3.83. The van der Waals surface area contributed by atoms with Gasteiger partial charge in [0.1, 0.15) is 18.8 Å². The molecular formula is C15H20F2N4O8. The van der Waals surface area contributed by atoms with Crippen molar-refractivity contribution in [3.8, 4) is 0 Å². The van der Waals surface area contributed by atoms with Crippen LogP contribution in [0.1, 0.15) is 27.7 Å². The van der Waals surface area contributed by atoms with Gasteiger partial charge in [-0.05, 0) is 10.6 Å². The molecular weight excluding hydrogens is 402 g/mol. The number of azide groups is 1. The maximum absolute atomic E-state index is 13.6. The fourth-order valence-electron chi connectivity index (χ4n) is 2.64. The molecule has 12 nitrogen and oxygen atoms in total. The summed E-state index contributed by atoms with van der Waals surface area (Å²) in [6.45, 7) is 4.23. The largest absolute Gasteiger partial charge is 0.463 e. The summed E-state index contributed by atoms with van der Waals surface area (Å²) in [6.07, 6.45) is -3.86. The SMILES string of the molecule is CC(=O)OCC1O[C@@H](OC(C)=O)C(NC(=O)C(F)(F)N=[N+]=[N-])[C@@H](C)[C@H]1OC(C)=O. The topological polar surface area (TPSA) is 166 Å². The maximum atomic E-state index is 13.6. The second-order valence-corrected chi connectivity index (χ2v) is 6.12. The van der Waals surface area contributed by atoms with E-state index in [4.69, 9.17) is 24.5 Å². The third-order valence-electron chi connectivity index (χ3n) is 3.83. The van der Waals surface area contributed by atoms with Crippen LogP contribution in [0.5, 0.6) is 0 Å². The molecule has 0 saturated carbocycles. The van der Waals surface area contributed by atoms with Gasteiger partial charge < -0.3 is 24.3 Å². The highest BCUT2D eigenvalue weighted by molar-refractivity contribution is 5.83. The summed E-state index contributed by atoms with van der Waals surface area (Å²) >= 11 is 0. The van der Waals surface area contributed by atoms with E-state index >= 15 is 0 Å². The van der Waals surface area contributed by atoms with E-state index in [1.54, 1.807) is 0 Å². The molecule has 5 atom stereocenters. The molecule has 0 aromatic carbocycles. The van der Waals surface area contributed by atoms with E-state index < -0.39 is 66.9 Å². The van der Waals surface area contributed by atoms with Crippen molar-refractivity contribution in [1.29, 1.82) is 0 Å². The number of hydrogen-bond acceptors (Lipinski definition) is 9. The predicted molar refractivity (Wildman–Crippen MR) is 87.8 cm³/mol. The normalized spacial score (nSPS) is 26.5. The van der Waals surface area contributed by atoms with Crippen LogP contribution in [-0.4, -0.2) is 61.0 Å². The molecule has 1 amide bonds. The summed E-state index contributed by atoms with van der Waals surface area (Å²) in [6, 6.07) is -5.84. The van der Waals surface area contributed by atoms with Gasteiger partial charge in [0.2, 0.25) is 6.29 Å². The number of halogens is 2. The molecule has 1 fully saturated rings. The molecule has 2 unspecified atom stereocenters. The van der Waals surface area contributed by atoms with Gasteiger partial charge in [0.05, 0.1) is 6.04 Å². The van der Waals surface area contributed by atoms with Crippen molar-refractivity contribution in [2.75, 3.05) is 6.61 Å². The highest BCUT2D eigenvalue weighted by Crippen LogP contribution is 2.30. The summed E-state index contributed by atoms with van der Waals surface area (Å²) in [5.74, 6) is -5.21. The molecule has 1 rings (SSSR count). The highest BCUT2D eigenvalue weighted by atomic mass is 19.3. The molecule has 0 bridgehead atoms. The van der Waals surface area contributed by atoms with Crippen LogP contribution in [0.15, 0.2) is 5.11 Å². The number of rotatable bonds is 7. The Morgan fingerprint density at radius 2 is 1.72 bits per heavy atom. The zero-order chi connectivity index (χ0) is 22.4. The predicted octanol–water partition coefficient (Wildman–Crippen LogP) is 0.793. The Morgan fingerprint density at radius 1 is 1.14 bits per heavy atom. The van der Waals surface area contributed by atoms with E-state index in [1.165, 1.54) is 6.92 Å². The van der Waals surface area contributed by atoms with Gasteiger partial charge in [0.25, 0.3) is 5.91 Å². The lowest BCUT2D eigenvalue weighted by molar-refractivity contribution is -0.257. The van der Waals surface area contributed by atoms with E-state index in [0.717, 1.165) is 20.8 Å². The molecule has 1 heterocycles. The zero-order valence-corrected chi connectivity index (χ0v) is 16.0. The van der Waals surface area contributed by atoms with Crippen molar-refractivity contribution in [3.05, 3.63) is 10.4 Å². The number of carbonyl (C=O) groups is 4. The van der Waals surface area contributed by atoms with Gasteiger partial charge in [-0.2, -0.15) is 8.78 Å². The summed E-state index contributed by atoms with van der Waals surface area (Å²) in [5, 5.41) is 3.99. The van der Waals surface area contributed by atoms with Crippen LogP contribution in [-0.2, 0) is 38.1 Å². The second kappa shape index (κ2) is 9.98. The lowest BCUT2D eigenvalue weighted by Gasteiger charge is -2.44. The molecule has 29 heavy (non-hydrogen) atoms. The molecule has 0 aromatic rings. The van der Waals surface area contributed by atoms with E-state index in [0.29, 0.717) is 0 Å². The second-order valence-electron chi connectivity index (χ2n) is 6.12. The Bertz CT molecular complexity index is 712. The van der Waals surface area contributed by atoms with Gasteiger partial charge in [-0.3, -0.25) is 19.2 Å². The Kier molecular flexibility index (Phi) is 8.28. The van der Waals surface area contributed by atoms with Crippen LogP contribution < -0.4 is 5.32 Å². The molecule has 1 aliphatic heterocycles. The Hall–Kier alpha value is -2.99. The van der Waals surface area contributed by atoms with Gasteiger partial charge in [-0.15, -0.1) is 0 Å². The number of hydrogen-bond donors (Lipinski definition) is 1. The molecule has 0 aliphatic carbocycles. The van der Waals surface area contributed by atoms with Crippen molar-refractivity contribution in [2.24, 2.45) is 11.0 Å². The number of alkyl halides is 2. The van der Waals surface area contributed by atoms with Crippen LogP contribution in [0.2, 0.25) is 0 Å². The van der Waals surface area contributed by atoms with Gasteiger partial charge >= 0.3 is 24.0 Å². The highest BCUT2D eigenvalue weighted by Gasteiger charge is 2.50. The fraction of sp³-hybridized carbons (Fsp3) is 0.733. The third kappa shape index (κ3) is 6.84. The Morgan fingerprint density at radius 3 is 2.21 bits per heavy atom. The Balaban J connectivity index is 3.20. The number of nitrogens with one attached hydrogen (secondary N) is 1. The number of nitrogens with zero attached hydrogens (tertiary/aromatic N) is 3. The molecule has 1 N–H and O–H groups in total. The summed E-state index contributed by atoms with van der Waals surface area (Å²) in [4.78, 5) is 47.6. The van der Waals surface area contributed by atoms with Crippen LogP contribution >= 0.6 is 0 Å². The van der Waals surface area contributed by atoms with Crippen LogP contribution in [0.25, 0.3) is 10.4 Å². The maximum Gasteiger partial charge on any atom is 0.401 e. The van der Waals surface area contributed by atoms with Crippen LogP contribution in [0.3, 0.4) is 0 Å². The van der Waals surface area contributed by atoms with E-state index in [-0.39, 0.29) is 0 Å². The van der Waals surface area contributed by atoms with Crippen molar-refractivity contribution < 1.29 is 46.9 Å². The monoisotopic (exact) mass is 422 g/mol. The number of esters is 3. The van der Waals surface area contributed by atoms with Crippen molar-refractivity contribution in [3.63, 3.8) is 0 Å². The van der Waals surface area contributed by atoms with Gasteiger partial charge in [-0.25, -0.2) is 0 Å². The van der Waals surface area contributed by atoms with Crippen molar-refractivity contribution in [2.45, 2.75) is 58.3 Å². The van der Waals surface area contributed by atoms with Crippen LogP contribution in [0.4, 0.5) is 8.78 Å². The summed E-state index contributed by atoms with van der Waals surface area (Å²) in [7, 11) is 0. The van der Waals surface area contributed by atoms with Crippen molar-refractivity contribution >= 4 is 23.8 Å². The first-order valence-electron chi connectivity index (χ1n) is 8.27. The lowest BCUT2D eigenvalue weighted by atomic mass is 9.88. The number of ether oxygens (including phenoxy) is 4. The summed E-state index contributed by atoms with van der Waals surface area (Å²) in [5.41, 5.74) is 8.16. The first-order chi connectivity index (χ1) is 13.4. The molecule has 0 radical (unpaired) electrons. The molecule has 0 spiro atoms. The zero-order valence-electron chi connectivity index (χ0n) is 16.0. The van der Waals surface area contributed by atoms with Crippen molar-refractivity contribution in [1.82, 2.24) is 5.32 Å². The number of amides is 1. The first kappa shape index (κ1) is 24.0. The van der Waals surface area contributed by atoms with E-state index in [1.807, 2.05) is 10.2 Å². The van der Waals surface area contributed by atoms with E-state index in [9.17, 15) is 28.0 Å². The van der Waals surface area contributed by atoms with Crippen LogP contribution in [0, 0.1) is 5.92 Å². The molecule has 1 aliphatic rings. The first-order valence-corrected chi connectivity index (χ1v) is 8.27. The Labute approximate surface area is 163 Å². The standard InChI is InChI=1S/C15H20F2N4O8/c1-6-11(19-14(25)15(16,17)20-21-18)13(28-9(4)24)29-10(5-26-7(2)22)12(6)27-8(3)23/h6,10-13H,5H2,1-4H3,(H,19,25)/t6-,10?,11?,12-,13-/m1/s1. The number of carbonyl (C=O) groups excluding carboxylic acids is 4. The molecule has 14 heteroatoms. The molecule has 0 aromatic heterocycles. The molecule has 162 valence electrons. The van der Waals surface area contributed by atoms with Gasteiger partial charge in [0, 0.05) is 31.6 Å². The average molecular weight is 422 g/mol. The van der Waals surface area contributed by atoms with Gasteiger partial charge in [-0.1, -0.05) is 6.92 Å². The minimum absolute atomic E-state index is 0.398. The quantitative estimate of drug-likeness (QED) is 0.157. The van der Waals surface area contributed by atoms with E-state index in [2.05, 4.69) is 5.11 Å². The van der Waals surface area contributed by atoms with Gasteiger partial charge in [0.15, 0.2) is 0 Å². The summed E-state index contributed by atoms with van der Waals surface area (Å²) < 4.78 is 47.5. The minimum atomic E-state index is -4.43. The minimum Gasteiger partial charge on any atom is -0.463 e. The molecule has 1 saturated heterocycles. The lowest BCUT2D eigenvalue weighted by Crippen LogP contribution is -2.63. The average Bonchev–Trinajstić information content (AvgIpc) is 2.58. The fourth-order valence-corrected chi connectivity index (χ4v) is 2.64.